The Bertz CT molecular complexity index is 676. The van der Waals surface area contributed by atoms with Gasteiger partial charge in [0.25, 0.3) is 0 Å². The predicted octanol–water partition coefficient (Wildman–Crippen LogP) is 2.18. The number of rotatable bonds is 1. The molecule has 0 fully saturated rings. The second kappa shape index (κ2) is 3.55. The SMILES string of the molecule is Cc1cccc2nc(-c3cnoc3)nc(N)c12. The molecule has 0 aliphatic carbocycles. The van der Waals surface area contributed by atoms with Crippen LogP contribution in [0.25, 0.3) is 22.3 Å². The molecule has 2 aromatic heterocycles. The molecule has 2 heterocycles. The van der Waals surface area contributed by atoms with Crippen molar-refractivity contribution < 1.29 is 4.52 Å². The summed E-state index contributed by atoms with van der Waals surface area (Å²) < 4.78 is 4.77. The van der Waals surface area contributed by atoms with Gasteiger partial charge in [-0.2, -0.15) is 0 Å². The highest BCUT2D eigenvalue weighted by Gasteiger charge is 2.09. The number of aromatic nitrogens is 3. The minimum absolute atomic E-state index is 0.476. The molecule has 0 aliphatic heterocycles. The first-order chi connectivity index (χ1) is 8.25. The lowest BCUT2D eigenvalue weighted by atomic mass is 10.1. The summed E-state index contributed by atoms with van der Waals surface area (Å²) in [6, 6.07) is 5.85. The molecule has 1 aromatic carbocycles. The maximum Gasteiger partial charge on any atom is 0.167 e. The fourth-order valence-electron chi connectivity index (χ4n) is 1.83. The van der Waals surface area contributed by atoms with E-state index in [0.29, 0.717) is 11.6 Å². The summed E-state index contributed by atoms with van der Waals surface area (Å²) >= 11 is 0. The molecule has 0 bridgehead atoms. The summed E-state index contributed by atoms with van der Waals surface area (Å²) in [5.74, 6) is 1.01. The van der Waals surface area contributed by atoms with Crippen LogP contribution in [0.15, 0.2) is 35.2 Å². The zero-order valence-corrected chi connectivity index (χ0v) is 9.21. The van der Waals surface area contributed by atoms with Gasteiger partial charge >= 0.3 is 0 Å². The average Bonchev–Trinajstić information content (AvgIpc) is 2.81. The molecule has 0 saturated heterocycles. The van der Waals surface area contributed by atoms with Gasteiger partial charge in [0.15, 0.2) is 5.82 Å². The Labute approximate surface area is 97.3 Å². The quantitative estimate of drug-likeness (QED) is 0.688. The van der Waals surface area contributed by atoms with Crippen LogP contribution >= 0.6 is 0 Å². The number of hydrogen-bond donors (Lipinski definition) is 1. The Morgan fingerprint density at radius 2 is 2.12 bits per heavy atom. The molecule has 0 amide bonds. The van der Waals surface area contributed by atoms with Gasteiger partial charge in [-0.05, 0) is 18.6 Å². The molecule has 0 atom stereocenters. The number of hydrogen-bond acceptors (Lipinski definition) is 5. The van der Waals surface area contributed by atoms with Crippen molar-refractivity contribution in [3.63, 3.8) is 0 Å². The second-order valence-electron chi connectivity index (χ2n) is 3.81. The van der Waals surface area contributed by atoms with Gasteiger partial charge in [0, 0.05) is 5.39 Å². The summed E-state index contributed by atoms with van der Waals surface area (Å²) in [4.78, 5) is 8.72. The smallest absolute Gasteiger partial charge is 0.167 e. The second-order valence-corrected chi connectivity index (χ2v) is 3.81. The third kappa shape index (κ3) is 1.52. The maximum atomic E-state index is 5.96. The standard InChI is InChI=1S/C12H10N4O/c1-7-3-2-4-9-10(7)11(13)16-12(15-9)8-5-14-17-6-8/h2-6H,1H3,(H2,13,15,16). The predicted molar refractivity (Wildman–Crippen MR) is 64.2 cm³/mol. The molecule has 0 spiro atoms. The Morgan fingerprint density at radius 1 is 1.24 bits per heavy atom. The maximum absolute atomic E-state index is 5.96. The molecule has 0 unspecified atom stereocenters. The summed E-state index contributed by atoms with van der Waals surface area (Å²) in [5, 5.41) is 4.53. The van der Waals surface area contributed by atoms with Crippen LogP contribution in [-0.2, 0) is 0 Å². The molecule has 5 nitrogen and oxygen atoms in total. The highest BCUT2D eigenvalue weighted by atomic mass is 16.5. The van der Waals surface area contributed by atoms with Crippen LogP contribution in [0, 0.1) is 6.92 Å². The first-order valence-electron chi connectivity index (χ1n) is 5.18. The van der Waals surface area contributed by atoms with Gasteiger partial charge in [0.2, 0.25) is 0 Å². The monoisotopic (exact) mass is 226 g/mol. The lowest BCUT2D eigenvalue weighted by Gasteiger charge is -2.05. The van der Waals surface area contributed by atoms with Crippen LogP contribution in [0.2, 0.25) is 0 Å². The van der Waals surface area contributed by atoms with Crippen molar-refractivity contribution in [3.05, 3.63) is 36.2 Å². The van der Waals surface area contributed by atoms with E-state index in [0.717, 1.165) is 22.0 Å². The number of benzene rings is 1. The number of aryl methyl sites for hydroxylation is 1. The largest absolute Gasteiger partial charge is 0.383 e. The van der Waals surface area contributed by atoms with Crippen molar-refractivity contribution in [1.29, 1.82) is 0 Å². The van der Waals surface area contributed by atoms with Crippen LogP contribution in [0.4, 0.5) is 5.82 Å². The molecule has 2 N–H and O–H groups in total. The summed E-state index contributed by atoms with van der Waals surface area (Å²) in [6.07, 6.45) is 3.06. The number of anilines is 1. The molecular weight excluding hydrogens is 216 g/mol. The number of fused-ring (bicyclic) bond motifs is 1. The van der Waals surface area contributed by atoms with E-state index in [1.807, 2.05) is 25.1 Å². The zero-order chi connectivity index (χ0) is 11.8. The lowest BCUT2D eigenvalue weighted by Crippen LogP contribution is -1.98. The Hall–Kier alpha value is -2.43. The number of nitrogen functional groups attached to an aromatic ring is 1. The molecule has 5 heteroatoms. The van der Waals surface area contributed by atoms with Gasteiger partial charge in [-0.1, -0.05) is 17.3 Å². The zero-order valence-electron chi connectivity index (χ0n) is 9.21. The Balaban J connectivity index is 2.32. The van der Waals surface area contributed by atoms with E-state index in [-0.39, 0.29) is 0 Å². The van der Waals surface area contributed by atoms with E-state index in [4.69, 9.17) is 10.3 Å². The normalized spacial score (nSPS) is 10.9. The molecule has 0 radical (unpaired) electrons. The highest BCUT2D eigenvalue weighted by molar-refractivity contribution is 5.92. The van der Waals surface area contributed by atoms with E-state index < -0.39 is 0 Å². The minimum atomic E-state index is 0.476. The van der Waals surface area contributed by atoms with Crippen molar-refractivity contribution in [2.45, 2.75) is 6.92 Å². The van der Waals surface area contributed by atoms with Crippen molar-refractivity contribution in [2.24, 2.45) is 0 Å². The first-order valence-corrected chi connectivity index (χ1v) is 5.18. The minimum Gasteiger partial charge on any atom is -0.383 e. The van der Waals surface area contributed by atoms with E-state index in [1.54, 1.807) is 6.20 Å². The Kier molecular flexibility index (Phi) is 2.04. The van der Waals surface area contributed by atoms with E-state index in [1.165, 1.54) is 6.26 Å². The molecule has 3 rings (SSSR count). The molecule has 17 heavy (non-hydrogen) atoms. The van der Waals surface area contributed by atoms with Gasteiger partial charge in [-0.3, -0.25) is 0 Å². The molecule has 3 aromatic rings. The van der Waals surface area contributed by atoms with Gasteiger partial charge in [-0.15, -0.1) is 0 Å². The summed E-state index contributed by atoms with van der Waals surface area (Å²) in [6.45, 7) is 1.99. The summed E-state index contributed by atoms with van der Waals surface area (Å²) in [7, 11) is 0. The average molecular weight is 226 g/mol. The van der Waals surface area contributed by atoms with E-state index in [2.05, 4.69) is 15.1 Å². The van der Waals surface area contributed by atoms with Crippen LogP contribution in [0.3, 0.4) is 0 Å². The van der Waals surface area contributed by atoms with Crippen LogP contribution in [0.5, 0.6) is 0 Å². The van der Waals surface area contributed by atoms with Gasteiger partial charge < -0.3 is 10.3 Å². The molecule has 0 saturated carbocycles. The topological polar surface area (TPSA) is 77.8 Å². The fraction of sp³-hybridized carbons (Fsp3) is 0.0833. The molecule has 0 aliphatic rings. The van der Waals surface area contributed by atoms with Crippen LogP contribution < -0.4 is 5.73 Å². The van der Waals surface area contributed by atoms with Crippen LogP contribution in [0.1, 0.15) is 5.56 Å². The lowest BCUT2D eigenvalue weighted by molar-refractivity contribution is 0.420. The van der Waals surface area contributed by atoms with Crippen molar-refractivity contribution in [1.82, 2.24) is 15.1 Å². The Morgan fingerprint density at radius 3 is 2.88 bits per heavy atom. The first kappa shape index (κ1) is 9.77. The van der Waals surface area contributed by atoms with E-state index in [9.17, 15) is 0 Å². The molecular formula is C12H10N4O. The van der Waals surface area contributed by atoms with Crippen molar-refractivity contribution in [2.75, 3.05) is 5.73 Å². The third-order valence-electron chi connectivity index (χ3n) is 2.65. The summed E-state index contributed by atoms with van der Waals surface area (Å²) in [5.41, 5.74) is 8.58. The van der Waals surface area contributed by atoms with E-state index >= 15 is 0 Å². The van der Waals surface area contributed by atoms with Gasteiger partial charge in [0.05, 0.1) is 17.3 Å². The van der Waals surface area contributed by atoms with Gasteiger partial charge in [-0.25, -0.2) is 9.97 Å². The molecule has 84 valence electrons. The van der Waals surface area contributed by atoms with Gasteiger partial charge in [0.1, 0.15) is 12.1 Å². The highest BCUT2D eigenvalue weighted by Crippen LogP contribution is 2.25. The van der Waals surface area contributed by atoms with Crippen molar-refractivity contribution >= 4 is 16.7 Å². The number of nitrogens with two attached hydrogens (primary N) is 1. The third-order valence-corrected chi connectivity index (χ3v) is 2.65. The van der Waals surface area contributed by atoms with Crippen molar-refractivity contribution in [3.8, 4) is 11.4 Å². The fourth-order valence-corrected chi connectivity index (χ4v) is 1.83. The van der Waals surface area contributed by atoms with Crippen LogP contribution in [-0.4, -0.2) is 15.1 Å². The number of nitrogens with zero attached hydrogens (tertiary/aromatic N) is 3.